The molecule has 142 valence electrons. The lowest BCUT2D eigenvalue weighted by molar-refractivity contribution is -0.115. The van der Waals surface area contributed by atoms with Crippen molar-refractivity contribution in [1.82, 2.24) is 9.21 Å². The van der Waals surface area contributed by atoms with Gasteiger partial charge in [-0.25, -0.2) is 12.8 Å². The van der Waals surface area contributed by atoms with Gasteiger partial charge in [-0.15, -0.1) is 0 Å². The summed E-state index contributed by atoms with van der Waals surface area (Å²) in [6, 6.07) is 10.8. The first kappa shape index (κ1) is 18.1. The second-order valence-corrected chi connectivity index (χ2v) is 8.86. The molecule has 1 atom stereocenters. The summed E-state index contributed by atoms with van der Waals surface area (Å²) in [5, 5.41) is 2.70. The van der Waals surface area contributed by atoms with Crippen molar-refractivity contribution in [2.75, 3.05) is 32.0 Å². The summed E-state index contributed by atoms with van der Waals surface area (Å²) in [6.07, 6.45) is 0.180. The number of rotatable bonds is 3. The van der Waals surface area contributed by atoms with E-state index in [-0.39, 0.29) is 35.6 Å². The third-order valence-electron chi connectivity index (χ3n) is 5.21. The third-order valence-corrected chi connectivity index (χ3v) is 7.08. The minimum Gasteiger partial charge on any atom is -0.326 e. The lowest BCUT2D eigenvalue weighted by Gasteiger charge is -2.39. The van der Waals surface area contributed by atoms with Crippen LogP contribution in [-0.2, 0) is 21.2 Å². The number of benzene rings is 2. The van der Waals surface area contributed by atoms with Gasteiger partial charge in [-0.05, 0) is 36.9 Å². The molecule has 1 saturated heterocycles. The predicted octanol–water partition coefficient (Wildman–Crippen LogP) is 2.00. The Morgan fingerprint density at radius 1 is 1.15 bits per heavy atom. The van der Waals surface area contributed by atoms with Crippen LogP contribution in [0.25, 0.3) is 0 Å². The van der Waals surface area contributed by atoms with Crippen molar-refractivity contribution in [3.8, 4) is 0 Å². The highest BCUT2D eigenvalue weighted by atomic mass is 32.2. The summed E-state index contributed by atoms with van der Waals surface area (Å²) < 4.78 is 41.9. The number of nitrogens with zero attached hydrogens (tertiary/aromatic N) is 2. The van der Waals surface area contributed by atoms with Crippen LogP contribution in [0.5, 0.6) is 0 Å². The van der Waals surface area contributed by atoms with Crippen molar-refractivity contribution in [3.05, 3.63) is 59.4 Å². The third kappa shape index (κ3) is 3.24. The van der Waals surface area contributed by atoms with Crippen LogP contribution >= 0.6 is 0 Å². The average Bonchev–Trinajstić information content (AvgIpc) is 3.02. The molecule has 1 amide bonds. The molecule has 2 heterocycles. The molecule has 1 unspecified atom stereocenters. The van der Waals surface area contributed by atoms with Crippen LogP contribution in [0.3, 0.4) is 0 Å². The van der Waals surface area contributed by atoms with Crippen LogP contribution in [0.2, 0.25) is 0 Å². The number of likely N-dealkylation sites (N-methyl/N-ethyl adjacent to an activating group) is 1. The molecule has 27 heavy (non-hydrogen) atoms. The maximum Gasteiger partial charge on any atom is 0.243 e. The highest BCUT2D eigenvalue weighted by Crippen LogP contribution is 2.31. The fraction of sp³-hybridized carbons (Fsp3) is 0.316. The van der Waals surface area contributed by atoms with Gasteiger partial charge in [0.1, 0.15) is 5.82 Å². The number of anilines is 1. The Bertz CT molecular complexity index is 1010. The van der Waals surface area contributed by atoms with Crippen LogP contribution in [0.15, 0.2) is 47.4 Å². The number of sulfonamides is 1. The van der Waals surface area contributed by atoms with Crippen molar-refractivity contribution in [2.24, 2.45) is 0 Å². The Morgan fingerprint density at radius 3 is 2.70 bits per heavy atom. The van der Waals surface area contributed by atoms with Crippen molar-refractivity contribution in [3.63, 3.8) is 0 Å². The summed E-state index contributed by atoms with van der Waals surface area (Å²) in [5.41, 5.74) is 1.83. The highest BCUT2D eigenvalue weighted by molar-refractivity contribution is 7.89. The zero-order valence-electron chi connectivity index (χ0n) is 14.9. The van der Waals surface area contributed by atoms with E-state index in [0.29, 0.717) is 29.9 Å². The maximum absolute atomic E-state index is 14.2. The zero-order valence-corrected chi connectivity index (χ0v) is 15.7. The molecule has 2 aromatic carbocycles. The van der Waals surface area contributed by atoms with E-state index >= 15 is 0 Å². The molecule has 4 rings (SSSR count). The van der Waals surface area contributed by atoms with Crippen LogP contribution in [0.1, 0.15) is 17.2 Å². The number of halogens is 1. The van der Waals surface area contributed by atoms with Crippen LogP contribution < -0.4 is 5.32 Å². The second kappa shape index (κ2) is 6.70. The van der Waals surface area contributed by atoms with Crippen LogP contribution in [0, 0.1) is 5.82 Å². The summed E-state index contributed by atoms with van der Waals surface area (Å²) in [7, 11) is -1.86. The number of hydrogen-bond donors (Lipinski definition) is 1. The van der Waals surface area contributed by atoms with Gasteiger partial charge in [-0.3, -0.25) is 9.69 Å². The zero-order chi connectivity index (χ0) is 19.2. The molecule has 6 nitrogen and oxygen atoms in total. The minimum absolute atomic E-state index is 0.140. The molecule has 2 aliphatic rings. The number of carbonyl (C=O) groups is 1. The van der Waals surface area contributed by atoms with Gasteiger partial charge in [-0.2, -0.15) is 4.31 Å². The van der Waals surface area contributed by atoms with Gasteiger partial charge in [0.05, 0.1) is 17.4 Å². The van der Waals surface area contributed by atoms with Crippen molar-refractivity contribution in [1.29, 1.82) is 0 Å². The van der Waals surface area contributed by atoms with Gasteiger partial charge in [0, 0.05) is 30.9 Å². The minimum atomic E-state index is -3.73. The van der Waals surface area contributed by atoms with Crippen LogP contribution in [-0.4, -0.2) is 50.2 Å². The Balaban J connectivity index is 1.64. The van der Waals surface area contributed by atoms with E-state index in [4.69, 9.17) is 0 Å². The van der Waals surface area contributed by atoms with Crippen molar-refractivity contribution >= 4 is 21.6 Å². The van der Waals surface area contributed by atoms with E-state index in [2.05, 4.69) is 5.32 Å². The van der Waals surface area contributed by atoms with E-state index in [1.807, 2.05) is 11.9 Å². The van der Waals surface area contributed by atoms with Gasteiger partial charge >= 0.3 is 0 Å². The number of fused-ring (bicyclic) bond motifs is 1. The van der Waals surface area contributed by atoms with Crippen molar-refractivity contribution in [2.45, 2.75) is 17.4 Å². The predicted molar refractivity (Wildman–Crippen MR) is 99.3 cm³/mol. The van der Waals surface area contributed by atoms with Gasteiger partial charge in [0.15, 0.2) is 0 Å². The Hall–Kier alpha value is -2.29. The van der Waals surface area contributed by atoms with E-state index in [0.717, 1.165) is 0 Å². The average molecular weight is 389 g/mol. The molecule has 2 aromatic rings. The molecule has 2 aliphatic heterocycles. The number of carbonyl (C=O) groups excluding carboxylic acids is 1. The molecule has 0 radical (unpaired) electrons. The summed E-state index contributed by atoms with van der Waals surface area (Å²) in [6.45, 7) is 1.01. The van der Waals surface area contributed by atoms with Crippen LogP contribution in [0.4, 0.5) is 10.1 Å². The summed E-state index contributed by atoms with van der Waals surface area (Å²) in [4.78, 5) is 13.6. The molecule has 1 N–H and O–H groups in total. The Labute approximate surface area is 157 Å². The normalized spacial score (nSPS) is 21.1. The topological polar surface area (TPSA) is 69.7 Å². The molecule has 0 aliphatic carbocycles. The van der Waals surface area contributed by atoms with Gasteiger partial charge < -0.3 is 5.32 Å². The maximum atomic E-state index is 14.2. The van der Waals surface area contributed by atoms with Crippen molar-refractivity contribution < 1.29 is 17.6 Å². The number of hydrogen-bond acceptors (Lipinski definition) is 4. The molecular formula is C19H20FN3O3S. The fourth-order valence-electron chi connectivity index (χ4n) is 3.66. The Morgan fingerprint density at radius 2 is 1.93 bits per heavy atom. The standard InChI is InChI=1S/C19H20FN3O3S/c1-22-8-9-23(12-18(22)15-4-2-3-5-16(15)20)27(25,26)14-6-7-17-13(10-14)11-19(24)21-17/h2-7,10,18H,8-9,11-12H2,1H3,(H,21,24). The molecular weight excluding hydrogens is 369 g/mol. The molecule has 0 spiro atoms. The van der Waals surface area contributed by atoms with E-state index in [9.17, 15) is 17.6 Å². The second-order valence-electron chi connectivity index (χ2n) is 6.92. The van der Waals surface area contributed by atoms with E-state index in [1.54, 1.807) is 30.3 Å². The lowest BCUT2D eigenvalue weighted by atomic mass is 10.0. The summed E-state index contributed by atoms with van der Waals surface area (Å²) >= 11 is 0. The molecule has 0 saturated carbocycles. The van der Waals surface area contributed by atoms with Gasteiger partial charge in [0.25, 0.3) is 0 Å². The molecule has 8 heteroatoms. The Kier molecular flexibility index (Phi) is 4.49. The first-order valence-corrected chi connectivity index (χ1v) is 10.2. The quantitative estimate of drug-likeness (QED) is 0.872. The number of amides is 1. The highest BCUT2D eigenvalue weighted by Gasteiger charge is 2.35. The smallest absolute Gasteiger partial charge is 0.243 e. The first-order chi connectivity index (χ1) is 12.9. The molecule has 0 aromatic heterocycles. The molecule has 1 fully saturated rings. The van der Waals surface area contributed by atoms with Gasteiger partial charge in [-0.1, -0.05) is 18.2 Å². The molecule has 0 bridgehead atoms. The monoisotopic (exact) mass is 389 g/mol. The SMILES string of the molecule is CN1CCN(S(=O)(=O)c2ccc3c(c2)CC(=O)N3)CC1c1ccccc1F. The lowest BCUT2D eigenvalue weighted by Crippen LogP contribution is -2.49. The van der Waals surface area contributed by atoms with Gasteiger partial charge in [0.2, 0.25) is 15.9 Å². The fourth-order valence-corrected chi connectivity index (χ4v) is 5.15. The summed E-state index contributed by atoms with van der Waals surface area (Å²) in [5.74, 6) is -0.477. The number of piperazine rings is 1. The van der Waals surface area contributed by atoms with E-state index in [1.165, 1.54) is 16.4 Å². The number of nitrogens with one attached hydrogen (secondary N) is 1. The van der Waals surface area contributed by atoms with E-state index < -0.39 is 10.0 Å². The first-order valence-electron chi connectivity index (χ1n) is 8.74. The largest absolute Gasteiger partial charge is 0.326 e.